The molecule has 3 nitrogen and oxygen atoms in total. The molecule has 3 heteroatoms. The topological polar surface area (TPSA) is 35.0 Å². The molecule has 3 aliphatic carbocycles. The molecular formula is C48H32N2O. The van der Waals surface area contributed by atoms with Crippen molar-refractivity contribution in [3.63, 3.8) is 0 Å². The first-order valence-corrected chi connectivity index (χ1v) is 17.9. The lowest BCUT2D eigenvalue weighted by Gasteiger charge is -2.41. The summed E-state index contributed by atoms with van der Waals surface area (Å²) >= 11 is 0. The van der Waals surface area contributed by atoms with Crippen LogP contribution in [0.2, 0.25) is 0 Å². The molecule has 0 saturated carbocycles. The minimum Gasteiger partial charge on any atom is -0.456 e. The van der Waals surface area contributed by atoms with Crippen LogP contribution < -0.4 is 4.74 Å². The second-order valence-corrected chi connectivity index (χ2v) is 13.9. The number of benzene rings is 6. The van der Waals surface area contributed by atoms with Crippen LogP contribution in [0.1, 0.15) is 46.2 Å². The molecule has 4 aliphatic rings. The third-order valence-corrected chi connectivity index (χ3v) is 11.2. The molecule has 0 bridgehead atoms. The maximum absolute atomic E-state index is 7.03. The zero-order chi connectivity index (χ0) is 33.5. The number of aromatic nitrogens is 2. The van der Waals surface area contributed by atoms with E-state index in [2.05, 4.69) is 140 Å². The molecule has 0 radical (unpaired) electrons. The van der Waals surface area contributed by atoms with Crippen molar-refractivity contribution in [3.05, 3.63) is 191 Å². The third kappa shape index (κ3) is 4.06. The quantitative estimate of drug-likeness (QED) is 0.191. The molecule has 6 aromatic carbocycles. The van der Waals surface area contributed by atoms with Gasteiger partial charge in [-0.3, -0.25) is 0 Å². The van der Waals surface area contributed by atoms with Gasteiger partial charge in [0.05, 0.1) is 16.8 Å². The summed E-state index contributed by atoms with van der Waals surface area (Å²) < 4.78 is 7.03. The van der Waals surface area contributed by atoms with E-state index in [4.69, 9.17) is 14.7 Å². The summed E-state index contributed by atoms with van der Waals surface area (Å²) in [6.45, 7) is 0. The highest BCUT2D eigenvalue weighted by atomic mass is 16.5. The van der Waals surface area contributed by atoms with E-state index in [-0.39, 0.29) is 0 Å². The average molecular weight is 653 g/mol. The lowest BCUT2D eigenvalue weighted by molar-refractivity contribution is 0.437. The summed E-state index contributed by atoms with van der Waals surface area (Å²) in [4.78, 5) is 10.5. The highest BCUT2D eigenvalue weighted by molar-refractivity contribution is 5.98. The number of hydrogen-bond acceptors (Lipinski definition) is 3. The standard InChI is InChI=1S/C48H32N2O/c1-2-13-31(14-3-1)47-49-42(34-27-32-17-10-15-30-16-11-18-33(28-34)45(30)32)29-43(50-47)37-21-12-25-41-46(37)51-44-26-9-8-24-40(44)48(41)38-22-6-4-19-35(38)36-20-5-7-23-39(36)48/h1-4,6-15,17-19,21-29H,5,16,20H2. The predicted octanol–water partition coefficient (Wildman–Crippen LogP) is 11.8. The summed E-state index contributed by atoms with van der Waals surface area (Å²) in [5.41, 5.74) is 14.6. The van der Waals surface area contributed by atoms with Crippen LogP contribution >= 0.6 is 0 Å². The van der Waals surface area contributed by atoms with E-state index in [0.717, 1.165) is 64.4 Å². The molecule has 11 rings (SSSR count). The molecule has 0 N–H and O–H groups in total. The van der Waals surface area contributed by atoms with Gasteiger partial charge in [0.25, 0.3) is 0 Å². The summed E-state index contributed by atoms with van der Waals surface area (Å²) in [5.74, 6) is 2.42. The van der Waals surface area contributed by atoms with Crippen LogP contribution in [0.15, 0.2) is 157 Å². The van der Waals surface area contributed by atoms with Gasteiger partial charge >= 0.3 is 0 Å². The number of allylic oxidation sites excluding steroid dienone is 5. The summed E-state index contributed by atoms with van der Waals surface area (Å²) in [6, 6.07) is 47.8. The van der Waals surface area contributed by atoms with Gasteiger partial charge in [-0.25, -0.2) is 9.97 Å². The molecule has 2 heterocycles. The van der Waals surface area contributed by atoms with E-state index in [1.54, 1.807) is 0 Å². The number of para-hydroxylation sites is 2. The van der Waals surface area contributed by atoms with Crippen molar-refractivity contribution >= 4 is 22.4 Å². The summed E-state index contributed by atoms with van der Waals surface area (Å²) in [7, 11) is 0. The maximum Gasteiger partial charge on any atom is 0.160 e. The Morgan fingerprint density at radius 2 is 1.37 bits per heavy atom. The van der Waals surface area contributed by atoms with Gasteiger partial charge in [0.1, 0.15) is 11.5 Å². The van der Waals surface area contributed by atoms with Crippen molar-refractivity contribution in [2.75, 3.05) is 0 Å². The second-order valence-electron chi connectivity index (χ2n) is 13.9. The van der Waals surface area contributed by atoms with Gasteiger partial charge in [0, 0.05) is 27.8 Å². The maximum atomic E-state index is 7.03. The van der Waals surface area contributed by atoms with Gasteiger partial charge in [0.2, 0.25) is 0 Å². The fraction of sp³-hybridized carbons (Fsp3) is 0.0833. The van der Waals surface area contributed by atoms with Crippen LogP contribution in [0.4, 0.5) is 0 Å². The average Bonchev–Trinajstić information content (AvgIpc) is 3.49. The molecule has 1 atom stereocenters. The van der Waals surface area contributed by atoms with Crippen molar-refractivity contribution in [2.45, 2.75) is 24.7 Å². The van der Waals surface area contributed by atoms with E-state index in [0.29, 0.717) is 5.82 Å². The lowest BCUT2D eigenvalue weighted by Crippen LogP contribution is -2.33. The van der Waals surface area contributed by atoms with Crippen LogP contribution in [-0.4, -0.2) is 9.97 Å². The Hall–Kier alpha value is -6.32. The lowest BCUT2D eigenvalue weighted by atomic mass is 9.64. The fourth-order valence-electron chi connectivity index (χ4n) is 9.11. The molecule has 240 valence electrons. The monoisotopic (exact) mass is 652 g/mol. The molecule has 51 heavy (non-hydrogen) atoms. The van der Waals surface area contributed by atoms with Crippen LogP contribution in [0.25, 0.3) is 56.3 Å². The van der Waals surface area contributed by atoms with Crippen LogP contribution in [-0.2, 0) is 11.8 Å². The first-order chi connectivity index (χ1) is 25.3. The van der Waals surface area contributed by atoms with Gasteiger partial charge in [-0.1, -0.05) is 127 Å². The zero-order valence-electron chi connectivity index (χ0n) is 27.9. The fourth-order valence-corrected chi connectivity index (χ4v) is 9.11. The van der Waals surface area contributed by atoms with Gasteiger partial charge in [0.15, 0.2) is 5.82 Å². The molecule has 1 spiro atoms. The molecule has 0 saturated heterocycles. The normalized spacial score (nSPS) is 17.6. The van der Waals surface area contributed by atoms with Gasteiger partial charge in [-0.05, 0) is 93.8 Å². The summed E-state index contributed by atoms with van der Waals surface area (Å²) in [6.07, 6.45) is 12.3. The highest BCUT2D eigenvalue weighted by Crippen LogP contribution is 2.63. The van der Waals surface area contributed by atoms with Gasteiger partial charge < -0.3 is 4.74 Å². The Balaban J connectivity index is 1.18. The highest BCUT2D eigenvalue weighted by Gasteiger charge is 2.52. The smallest absolute Gasteiger partial charge is 0.160 e. The van der Waals surface area contributed by atoms with E-state index in [1.165, 1.54) is 49.7 Å². The molecule has 0 amide bonds. The van der Waals surface area contributed by atoms with Crippen LogP contribution in [0.5, 0.6) is 11.5 Å². The molecular weight excluding hydrogens is 621 g/mol. The van der Waals surface area contributed by atoms with Crippen molar-refractivity contribution < 1.29 is 4.74 Å². The first kappa shape index (κ1) is 28.5. The third-order valence-electron chi connectivity index (χ3n) is 11.2. The first-order valence-electron chi connectivity index (χ1n) is 17.9. The van der Waals surface area contributed by atoms with Crippen LogP contribution in [0, 0.1) is 0 Å². The Labute approximate surface area is 297 Å². The Morgan fingerprint density at radius 3 is 2.31 bits per heavy atom. The Bertz CT molecular complexity index is 2700. The molecule has 1 unspecified atom stereocenters. The predicted molar refractivity (Wildman–Crippen MR) is 207 cm³/mol. The largest absolute Gasteiger partial charge is 0.456 e. The van der Waals surface area contributed by atoms with Crippen LogP contribution in [0.3, 0.4) is 0 Å². The van der Waals surface area contributed by atoms with E-state index in [1.807, 2.05) is 18.2 Å². The zero-order valence-corrected chi connectivity index (χ0v) is 27.9. The second kappa shape index (κ2) is 10.8. The van der Waals surface area contributed by atoms with Crippen molar-refractivity contribution in [2.24, 2.45) is 0 Å². The number of ether oxygens (including phenoxy) is 1. The number of nitrogens with zero attached hydrogens (tertiary/aromatic N) is 2. The minimum atomic E-state index is -0.494. The number of hydrogen-bond donors (Lipinski definition) is 0. The van der Waals surface area contributed by atoms with Crippen molar-refractivity contribution in [1.82, 2.24) is 9.97 Å². The SMILES string of the molecule is C1=CC2=C(CC1)c1ccccc1C21c2ccccc2Oc2c(-c3cc(-c4cc5c6c(cccc6c4)CC=C5)nc(-c4ccccc4)n3)cccc21. The van der Waals surface area contributed by atoms with E-state index in [9.17, 15) is 0 Å². The van der Waals surface area contributed by atoms with Crippen molar-refractivity contribution in [1.29, 1.82) is 0 Å². The van der Waals surface area contributed by atoms with E-state index >= 15 is 0 Å². The summed E-state index contributed by atoms with van der Waals surface area (Å²) in [5, 5.41) is 2.56. The molecule has 1 aliphatic heterocycles. The Morgan fingerprint density at radius 1 is 0.588 bits per heavy atom. The van der Waals surface area contributed by atoms with Gasteiger partial charge in [-0.15, -0.1) is 0 Å². The van der Waals surface area contributed by atoms with E-state index < -0.39 is 5.41 Å². The Kier molecular flexibility index (Phi) is 6.06. The molecule has 7 aromatic rings. The number of fused-ring (bicyclic) bond motifs is 8. The number of rotatable bonds is 3. The molecule has 1 aromatic heterocycles. The van der Waals surface area contributed by atoms with Gasteiger partial charge in [-0.2, -0.15) is 0 Å². The molecule has 0 fully saturated rings. The van der Waals surface area contributed by atoms with Crippen molar-refractivity contribution in [3.8, 4) is 45.4 Å². The minimum absolute atomic E-state index is 0.494.